The molecule has 0 aliphatic heterocycles. The highest BCUT2D eigenvalue weighted by Gasteiger charge is 2.22. The second-order valence-corrected chi connectivity index (χ2v) is 8.91. The molecule has 168 valence electrons. The number of aryl methyl sites for hydroxylation is 2. The predicted molar refractivity (Wildman–Crippen MR) is 129 cm³/mol. The Morgan fingerprint density at radius 1 is 1.03 bits per heavy atom. The molecule has 2 heterocycles. The van der Waals surface area contributed by atoms with Gasteiger partial charge in [0.2, 0.25) is 0 Å². The molecule has 0 radical (unpaired) electrons. The Bertz CT molecular complexity index is 1240. The number of thioether (sulfide) groups is 1. The molecule has 0 fully saturated rings. The van der Waals surface area contributed by atoms with Crippen molar-refractivity contribution in [3.63, 3.8) is 0 Å². The van der Waals surface area contributed by atoms with Gasteiger partial charge in [-0.3, -0.25) is 9.78 Å². The van der Waals surface area contributed by atoms with Gasteiger partial charge in [0.15, 0.2) is 5.16 Å². The Morgan fingerprint density at radius 2 is 1.70 bits per heavy atom. The number of halogens is 1. The summed E-state index contributed by atoms with van der Waals surface area (Å²) in [7, 11) is 1.75. The second kappa shape index (κ2) is 10.0. The van der Waals surface area contributed by atoms with E-state index in [1.807, 2.05) is 18.2 Å². The molecule has 0 bridgehead atoms. The van der Waals surface area contributed by atoms with Crippen LogP contribution < -0.4 is 0 Å². The first kappa shape index (κ1) is 22.7. The molecule has 0 saturated heterocycles. The van der Waals surface area contributed by atoms with Crippen LogP contribution in [0.15, 0.2) is 72.1 Å². The molecule has 1 N–H and O–H groups in total. The van der Waals surface area contributed by atoms with Gasteiger partial charge < -0.3 is 9.88 Å². The number of hydrogen-bond acceptors (Lipinski definition) is 4. The normalized spacial score (nSPS) is 10.9. The number of carbonyl (C=O) groups excluding carboxylic acids is 1. The number of imidazole rings is 1. The number of aromatic nitrogens is 3. The van der Waals surface area contributed by atoms with E-state index in [-0.39, 0.29) is 11.7 Å². The van der Waals surface area contributed by atoms with Crippen molar-refractivity contribution in [1.29, 1.82) is 0 Å². The average molecular weight is 461 g/mol. The molecule has 33 heavy (non-hydrogen) atoms. The first-order valence-corrected chi connectivity index (χ1v) is 11.6. The number of hydrogen-bond donors (Lipinski definition) is 1. The van der Waals surface area contributed by atoms with Crippen molar-refractivity contribution in [2.45, 2.75) is 31.3 Å². The monoisotopic (exact) mass is 460 g/mol. The maximum atomic E-state index is 13.5. The highest BCUT2D eigenvalue weighted by atomic mass is 32.2. The number of nitrogens with one attached hydrogen (secondary N) is 1. The van der Waals surface area contributed by atoms with Crippen molar-refractivity contribution in [3.8, 4) is 11.3 Å². The standard InChI is InChI=1S/C26H25FN4OS/c1-17-5-4-6-18(2)22(17)16-33-26-29-23(20-7-9-21(27)10-8-20)24(30-26)25(32)31(3)15-19-11-13-28-14-12-19/h4-14H,15-16H2,1-3H3,(H,29,30). The number of pyridine rings is 1. The fraction of sp³-hybridized carbons (Fsp3) is 0.192. The van der Waals surface area contributed by atoms with Crippen LogP contribution in [0.1, 0.15) is 32.7 Å². The zero-order valence-corrected chi connectivity index (χ0v) is 19.6. The topological polar surface area (TPSA) is 61.9 Å². The molecule has 0 aliphatic carbocycles. The van der Waals surface area contributed by atoms with Crippen LogP contribution >= 0.6 is 11.8 Å². The van der Waals surface area contributed by atoms with Crippen LogP contribution in [0.5, 0.6) is 0 Å². The SMILES string of the molecule is Cc1cccc(C)c1CSc1nc(-c2ccc(F)cc2)c(C(=O)N(C)Cc2ccncc2)[nH]1. The van der Waals surface area contributed by atoms with Gasteiger partial charge in [-0.1, -0.05) is 30.0 Å². The van der Waals surface area contributed by atoms with E-state index in [0.717, 1.165) is 11.3 Å². The van der Waals surface area contributed by atoms with Crippen LogP contribution in [0.4, 0.5) is 4.39 Å². The van der Waals surface area contributed by atoms with Gasteiger partial charge in [0.25, 0.3) is 5.91 Å². The molecule has 7 heteroatoms. The van der Waals surface area contributed by atoms with Crippen LogP contribution in [0.2, 0.25) is 0 Å². The Balaban J connectivity index is 1.63. The smallest absolute Gasteiger partial charge is 0.272 e. The third-order valence-electron chi connectivity index (χ3n) is 5.53. The van der Waals surface area contributed by atoms with Gasteiger partial charge in [0.1, 0.15) is 17.2 Å². The molecule has 0 spiro atoms. The summed E-state index contributed by atoms with van der Waals surface area (Å²) in [6.07, 6.45) is 3.41. The predicted octanol–water partition coefficient (Wildman–Crippen LogP) is 5.79. The summed E-state index contributed by atoms with van der Waals surface area (Å²) in [5, 5.41) is 0.651. The van der Waals surface area contributed by atoms with E-state index in [4.69, 9.17) is 4.98 Å². The lowest BCUT2D eigenvalue weighted by Crippen LogP contribution is -2.27. The molecule has 0 unspecified atom stereocenters. The van der Waals surface area contributed by atoms with Gasteiger partial charge in [-0.05, 0) is 72.5 Å². The van der Waals surface area contributed by atoms with Gasteiger partial charge >= 0.3 is 0 Å². The lowest BCUT2D eigenvalue weighted by molar-refractivity contribution is 0.0780. The summed E-state index contributed by atoms with van der Waals surface area (Å²) in [6.45, 7) is 4.63. The summed E-state index contributed by atoms with van der Waals surface area (Å²) in [5.41, 5.74) is 6.28. The first-order valence-electron chi connectivity index (χ1n) is 10.6. The molecule has 1 amide bonds. The van der Waals surface area contributed by atoms with Crippen molar-refractivity contribution >= 4 is 17.7 Å². The summed E-state index contributed by atoms with van der Waals surface area (Å²) in [5.74, 6) is 0.217. The number of nitrogens with zero attached hydrogens (tertiary/aromatic N) is 3. The van der Waals surface area contributed by atoms with E-state index < -0.39 is 0 Å². The number of carbonyl (C=O) groups is 1. The number of amides is 1. The van der Waals surface area contributed by atoms with Gasteiger partial charge in [0, 0.05) is 37.3 Å². The molecule has 0 saturated carbocycles. The van der Waals surface area contributed by atoms with E-state index in [2.05, 4.69) is 35.9 Å². The van der Waals surface area contributed by atoms with E-state index in [9.17, 15) is 9.18 Å². The fourth-order valence-corrected chi connectivity index (χ4v) is 4.70. The molecule has 2 aromatic heterocycles. The zero-order chi connectivity index (χ0) is 23.4. The second-order valence-electron chi connectivity index (χ2n) is 7.95. The number of benzene rings is 2. The van der Waals surface area contributed by atoms with Gasteiger partial charge in [-0.2, -0.15) is 0 Å². The van der Waals surface area contributed by atoms with Crippen LogP contribution in [0.3, 0.4) is 0 Å². The third-order valence-corrected chi connectivity index (χ3v) is 6.43. The minimum absolute atomic E-state index is 0.183. The lowest BCUT2D eigenvalue weighted by atomic mass is 10.1. The Morgan fingerprint density at radius 3 is 2.36 bits per heavy atom. The highest BCUT2D eigenvalue weighted by molar-refractivity contribution is 7.98. The third kappa shape index (κ3) is 5.31. The van der Waals surface area contributed by atoms with Crippen LogP contribution in [-0.2, 0) is 12.3 Å². The molecule has 0 atom stereocenters. The summed E-state index contributed by atoms with van der Waals surface area (Å²) in [4.78, 5) is 27.0. The Kier molecular flexibility index (Phi) is 6.89. The minimum atomic E-state index is -0.332. The van der Waals surface area contributed by atoms with Crippen LogP contribution in [-0.4, -0.2) is 32.8 Å². The maximum Gasteiger partial charge on any atom is 0.272 e. The van der Waals surface area contributed by atoms with Crippen molar-refractivity contribution < 1.29 is 9.18 Å². The van der Waals surface area contributed by atoms with E-state index in [1.54, 1.807) is 48.2 Å². The Hall–Kier alpha value is -3.45. The fourth-order valence-electron chi connectivity index (χ4n) is 3.63. The summed E-state index contributed by atoms with van der Waals surface area (Å²) in [6, 6.07) is 16.0. The van der Waals surface area contributed by atoms with Gasteiger partial charge in [-0.15, -0.1) is 0 Å². The summed E-state index contributed by atoms with van der Waals surface area (Å²) >= 11 is 1.55. The Labute approximate surface area is 197 Å². The number of H-pyrrole nitrogens is 1. The van der Waals surface area contributed by atoms with Crippen molar-refractivity contribution in [2.24, 2.45) is 0 Å². The molecular formula is C26H25FN4OS. The minimum Gasteiger partial charge on any atom is -0.336 e. The first-order chi connectivity index (χ1) is 15.9. The molecular weight excluding hydrogens is 435 g/mol. The molecule has 5 nitrogen and oxygen atoms in total. The largest absolute Gasteiger partial charge is 0.336 e. The van der Waals surface area contributed by atoms with Crippen molar-refractivity contribution in [2.75, 3.05) is 7.05 Å². The molecule has 4 rings (SSSR count). The van der Waals surface area contributed by atoms with Crippen molar-refractivity contribution in [3.05, 3.63) is 101 Å². The molecule has 2 aromatic carbocycles. The molecule has 0 aliphatic rings. The van der Waals surface area contributed by atoms with Crippen molar-refractivity contribution in [1.82, 2.24) is 19.9 Å². The summed E-state index contributed by atoms with van der Waals surface area (Å²) < 4.78 is 13.5. The van der Waals surface area contributed by atoms with Crippen LogP contribution in [0.25, 0.3) is 11.3 Å². The quantitative estimate of drug-likeness (QED) is 0.355. The maximum absolute atomic E-state index is 13.5. The van der Waals surface area contributed by atoms with Gasteiger partial charge in [0.05, 0.1) is 0 Å². The molecule has 4 aromatic rings. The lowest BCUT2D eigenvalue weighted by Gasteiger charge is -2.17. The van der Waals surface area contributed by atoms with Crippen LogP contribution in [0, 0.1) is 19.7 Å². The zero-order valence-electron chi connectivity index (χ0n) is 18.8. The van der Waals surface area contributed by atoms with E-state index in [0.29, 0.717) is 28.7 Å². The number of aromatic amines is 1. The average Bonchev–Trinajstić information content (AvgIpc) is 3.23. The van der Waals surface area contributed by atoms with E-state index in [1.165, 1.54) is 28.8 Å². The highest BCUT2D eigenvalue weighted by Crippen LogP contribution is 2.30. The van der Waals surface area contributed by atoms with E-state index >= 15 is 0 Å². The van der Waals surface area contributed by atoms with Gasteiger partial charge in [-0.25, -0.2) is 9.37 Å². The number of rotatable bonds is 7.